The highest BCUT2D eigenvalue weighted by molar-refractivity contribution is 6.33. The Morgan fingerprint density at radius 3 is 2.73 bits per heavy atom. The van der Waals surface area contributed by atoms with Crippen LogP contribution < -0.4 is 5.32 Å². The standard InChI is InChI=1S/C18H16ClNO2/c1-3-12-8-9-16-13(10-12)11(2)17(22-16)18(21)20-15-7-5-4-6-14(15)19/h4-10H,3H2,1-2H3,(H,20,21). The Morgan fingerprint density at radius 1 is 1.23 bits per heavy atom. The Labute approximate surface area is 133 Å². The molecular formula is C18H16ClNO2. The van der Waals surface area contributed by atoms with Crippen molar-refractivity contribution in [3.63, 3.8) is 0 Å². The van der Waals surface area contributed by atoms with Crippen LogP contribution in [0.5, 0.6) is 0 Å². The number of furan rings is 1. The lowest BCUT2D eigenvalue weighted by molar-refractivity contribution is 0.0998. The number of hydrogen-bond donors (Lipinski definition) is 1. The summed E-state index contributed by atoms with van der Waals surface area (Å²) in [6, 6.07) is 13.1. The number of fused-ring (bicyclic) bond motifs is 1. The van der Waals surface area contributed by atoms with E-state index in [2.05, 4.69) is 18.3 Å². The van der Waals surface area contributed by atoms with Gasteiger partial charge in [-0.1, -0.05) is 36.7 Å². The van der Waals surface area contributed by atoms with Crippen molar-refractivity contribution in [1.29, 1.82) is 0 Å². The van der Waals surface area contributed by atoms with Crippen LogP contribution in [0.2, 0.25) is 5.02 Å². The third kappa shape index (κ3) is 2.60. The number of nitrogens with one attached hydrogen (secondary N) is 1. The molecule has 2 aromatic carbocycles. The van der Waals surface area contributed by atoms with E-state index in [0.717, 1.165) is 23.0 Å². The van der Waals surface area contributed by atoms with Gasteiger partial charge in [0.15, 0.2) is 5.76 Å². The molecule has 1 amide bonds. The smallest absolute Gasteiger partial charge is 0.291 e. The Hall–Kier alpha value is -2.26. The summed E-state index contributed by atoms with van der Waals surface area (Å²) in [7, 11) is 0. The van der Waals surface area contributed by atoms with E-state index in [1.165, 1.54) is 5.56 Å². The number of benzene rings is 2. The van der Waals surface area contributed by atoms with Gasteiger partial charge in [-0.15, -0.1) is 0 Å². The molecule has 3 rings (SSSR count). The molecular weight excluding hydrogens is 298 g/mol. The molecule has 3 aromatic rings. The summed E-state index contributed by atoms with van der Waals surface area (Å²) in [5.41, 5.74) is 3.35. The first kappa shape index (κ1) is 14.7. The van der Waals surface area contributed by atoms with Crippen molar-refractivity contribution in [2.75, 3.05) is 5.32 Å². The molecule has 0 unspecified atom stereocenters. The van der Waals surface area contributed by atoms with Crippen LogP contribution >= 0.6 is 11.6 Å². The Morgan fingerprint density at radius 2 is 2.00 bits per heavy atom. The van der Waals surface area contributed by atoms with Crippen LogP contribution in [0, 0.1) is 6.92 Å². The number of aryl methyl sites for hydroxylation is 2. The van der Waals surface area contributed by atoms with E-state index < -0.39 is 0 Å². The molecule has 0 bridgehead atoms. The summed E-state index contributed by atoms with van der Waals surface area (Å²) in [4.78, 5) is 12.4. The van der Waals surface area contributed by atoms with Gasteiger partial charge in [-0.2, -0.15) is 0 Å². The third-order valence-corrected chi connectivity index (χ3v) is 4.07. The number of para-hydroxylation sites is 1. The molecule has 0 saturated heterocycles. The fourth-order valence-corrected chi connectivity index (χ4v) is 2.63. The number of anilines is 1. The summed E-state index contributed by atoms with van der Waals surface area (Å²) < 4.78 is 5.72. The molecule has 0 aliphatic rings. The minimum absolute atomic E-state index is 0.292. The summed E-state index contributed by atoms with van der Waals surface area (Å²) in [6.45, 7) is 3.99. The van der Waals surface area contributed by atoms with E-state index in [0.29, 0.717) is 16.5 Å². The molecule has 4 heteroatoms. The monoisotopic (exact) mass is 313 g/mol. The van der Waals surface area contributed by atoms with Gasteiger partial charge >= 0.3 is 0 Å². The van der Waals surface area contributed by atoms with Crippen LogP contribution in [-0.2, 0) is 6.42 Å². The molecule has 0 aliphatic carbocycles. The average Bonchev–Trinajstić information content (AvgIpc) is 2.86. The van der Waals surface area contributed by atoms with Gasteiger partial charge in [0.2, 0.25) is 0 Å². The summed E-state index contributed by atoms with van der Waals surface area (Å²) in [6.07, 6.45) is 0.946. The first-order valence-electron chi connectivity index (χ1n) is 7.18. The van der Waals surface area contributed by atoms with E-state index in [4.69, 9.17) is 16.0 Å². The normalized spacial score (nSPS) is 10.9. The van der Waals surface area contributed by atoms with Gasteiger partial charge in [0.05, 0.1) is 10.7 Å². The molecule has 0 fully saturated rings. The predicted molar refractivity (Wildman–Crippen MR) is 89.7 cm³/mol. The Kier molecular flexibility index (Phi) is 3.90. The SMILES string of the molecule is CCc1ccc2oc(C(=O)Nc3ccccc3Cl)c(C)c2c1. The maximum absolute atomic E-state index is 12.4. The van der Waals surface area contributed by atoms with Crippen LogP contribution in [-0.4, -0.2) is 5.91 Å². The largest absolute Gasteiger partial charge is 0.451 e. The second kappa shape index (κ2) is 5.85. The maximum atomic E-state index is 12.4. The van der Waals surface area contributed by atoms with Gasteiger partial charge in [0.25, 0.3) is 5.91 Å². The molecule has 0 saturated carbocycles. The van der Waals surface area contributed by atoms with Crippen molar-refractivity contribution in [2.45, 2.75) is 20.3 Å². The molecule has 112 valence electrons. The van der Waals surface area contributed by atoms with Gasteiger partial charge in [0.1, 0.15) is 5.58 Å². The van der Waals surface area contributed by atoms with E-state index >= 15 is 0 Å². The average molecular weight is 314 g/mol. The van der Waals surface area contributed by atoms with Crippen LogP contribution in [0.3, 0.4) is 0 Å². The van der Waals surface area contributed by atoms with Gasteiger partial charge in [0, 0.05) is 10.9 Å². The van der Waals surface area contributed by atoms with Crippen LogP contribution in [0.1, 0.15) is 28.6 Å². The second-order valence-electron chi connectivity index (χ2n) is 5.17. The molecule has 3 nitrogen and oxygen atoms in total. The number of hydrogen-bond acceptors (Lipinski definition) is 2. The molecule has 0 aliphatic heterocycles. The highest BCUT2D eigenvalue weighted by Gasteiger charge is 2.18. The first-order chi connectivity index (χ1) is 10.6. The Bertz CT molecular complexity index is 851. The lowest BCUT2D eigenvalue weighted by Gasteiger charge is -2.05. The number of carbonyl (C=O) groups excluding carboxylic acids is 1. The third-order valence-electron chi connectivity index (χ3n) is 3.74. The second-order valence-corrected chi connectivity index (χ2v) is 5.58. The van der Waals surface area contributed by atoms with Crippen LogP contribution in [0.15, 0.2) is 46.9 Å². The predicted octanol–water partition coefficient (Wildman–Crippen LogP) is 5.21. The minimum atomic E-state index is -0.292. The van der Waals surface area contributed by atoms with Gasteiger partial charge in [-0.05, 0) is 43.2 Å². The quantitative estimate of drug-likeness (QED) is 0.721. The lowest BCUT2D eigenvalue weighted by Crippen LogP contribution is -2.12. The Balaban J connectivity index is 1.97. The fourth-order valence-electron chi connectivity index (χ4n) is 2.45. The van der Waals surface area contributed by atoms with E-state index in [9.17, 15) is 4.79 Å². The zero-order chi connectivity index (χ0) is 15.7. The molecule has 0 atom stereocenters. The number of carbonyl (C=O) groups is 1. The fraction of sp³-hybridized carbons (Fsp3) is 0.167. The molecule has 22 heavy (non-hydrogen) atoms. The van der Waals surface area contributed by atoms with Crippen molar-refractivity contribution in [3.05, 3.63) is 64.4 Å². The summed E-state index contributed by atoms with van der Waals surface area (Å²) in [5.74, 6) is 0.0306. The number of amides is 1. The zero-order valence-electron chi connectivity index (χ0n) is 12.4. The van der Waals surface area contributed by atoms with E-state index in [1.807, 2.05) is 31.2 Å². The van der Waals surface area contributed by atoms with Gasteiger partial charge < -0.3 is 9.73 Å². The van der Waals surface area contributed by atoms with Crippen molar-refractivity contribution in [2.24, 2.45) is 0 Å². The maximum Gasteiger partial charge on any atom is 0.291 e. The van der Waals surface area contributed by atoms with E-state index in [1.54, 1.807) is 12.1 Å². The summed E-state index contributed by atoms with van der Waals surface area (Å²) >= 11 is 6.07. The van der Waals surface area contributed by atoms with Crippen molar-refractivity contribution < 1.29 is 9.21 Å². The molecule has 1 heterocycles. The molecule has 0 spiro atoms. The highest BCUT2D eigenvalue weighted by Crippen LogP contribution is 2.28. The first-order valence-corrected chi connectivity index (χ1v) is 7.56. The van der Waals surface area contributed by atoms with Crippen molar-refractivity contribution >= 4 is 34.2 Å². The van der Waals surface area contributed by atoms with Gasteiger partial charge in [-0.3, -0.25) is 4.79 Å². The highest BCUT2D eigenvalue weighted by atomic mass is 35.5. The van der Waals surface area contributed by atoms with Crippen LogP contribution in [0.4, 0.5) is 5.69 Å². The molecule has 0 radical (unpaired) electrons. The van der Waals surface area contributed by atoms with E-state index in [-0.39, 0.29) is 5.91 Å². The number of rotatable bonds is 3. The van der Waals surface area contributed by atoms with Crippen molar-refractivity contribution in [1.82, 2.24) is 0 Å². The zero-order valence-corrected chi connectivity index (χ0v) is 13.2. The van der Waals surface area contributed by atoms with Crippen LogP contribution in [0.25, 0.3) is 11.0 Å². The summed E-state index contributed by atoms with van der Waals surface area (Å²) in [5, 5.41) is 4.27. The number of halogens is 1. The lowest BCUT2D eigenvalue weighted by atomic mass is 10.1. The topological polar surface area (TPSA) is 42.2 Å². The minimum Gasteiger partial charge on any atom is -0.451 e. The van der Waals surface area contributed by atoms with Crippen molar-refractivity contribution in [3.8, 4) is 0 Å². The molecule has 1 N–H and O–H groups in total. The van der Waals surface area contributed by atoms with Gasteiger partial charge in [-0.25, -0.2) is 0 Å². The molecule has 1 aromatic heterocycles.